The van der Waals surface area contributed by atoms with Crippen molar-refractivity contribution >= 4 is 5.69 Å². The van der Waals surface area contributed by atoms with Crippen LogP contribution in [0.5, 0.6) is 5.75 Å². The predicted octanol–water partition coefficient (Wildman–Crippen LogP) is 1.85. The summed E-state index contributed by atoms with van der Waals surface area (Å²) in [5.74, 6) is 0.773. The van der Waals surface area contributed by atoms with Gasteiger partial charge >= 0.3 is 0 Å². The van der Waals surface area contributed by atoms with E-state index in [1.54, 1.807) is 10.9 Å². The summed E-state index contributed by atoms with van der Waals surface area (Å²) in [5.41, 5.74) is 7.32. The van der Waals surface area contributed by atoms with Crippen molar-refractivity contribution in [2.75, 3.05) is 12.3 Å². The standard InChI is InChI=1S/C11H13N3O/c1-2-15-11-7-13-14(8-11)10-5-3-9(12)4-6-10/h3-8H,2,12H2,1H3. The highest BCUT2D eigenvalue weighted by Gasteiger charge is 2.00. The topological polar surface area (TPSA) is 53.1 Å². The van der Waals surface area contributed by atoms with E-state index in [1.165, 1.54) is 0 Å². The second-order valence-electron chi connectivity index (χ2n) is 3.15. The largest absolute Gasteiger partial charge is 0.491 e. The van der Waals surface area contributed by atoms with E-state index in [2.05, 4.69) is 5.10 Å². The summed E-state index contributed by atoms with van der Waals surface area (Å²) in [7, 11) is 0. The van der Waals surface area contributed by atoms with Crippen molar-refractivity contribution in [3.05, 3.63) is 36.7 Å². The Balaban J connectivity index is 2.25. The van der Waals surface area contributed by atoms with Crippen LogP contribution in [0.2, 0.25) is 0 Å². The first-order valence-corrected chi connectivity index (χ1v) is 4.83. The third kappa shape index (κ3) is 2.10. The predicted molar refractivity (Wildman–Crippen MR) is 59.1 cm³/mol. The highest BCUT2D eigenvalue weighted by Crippen LogP contribution is 2.14. The Morgan fingerprint density at radius 2 is 2.07 bits per heavy atom. The molecule has 2 aromatic rings. The molecule has 2 rings (SSSR count). The Labute approximate surface area is 88.3 Å². The zero-order valence-corrected chi connectivity index (χ0v) is 8.55. The molecule has 0 unspecified atom stereocenters. The van der Waals surface area contributed by atoms with Crippen LogP contribution in [0.1, 0.15) is 6.92 Å². The molecule has 0 saturated carbocycles. The van der Waals surface area contributed by atoms with Gasteiger partial charge in [-0.05, 0) is 31.2 Å². The molecule has 1 aromatic carbocycles. The van der Waals surface area contributed by atoms with Crippen molar-refractivity contribution in [1.82, 2.24) is 9.78 Å². The van der Waals surface area contributed by atoms with E-state index in [0.717, 1.165) is 17.1 Å². The van der Waals surface area contributed by atoms with Crippen LogP contribution in [0, 0.1) is 0 Å². The van der Waals surface area contributed by atoms with Gasteiger partial charge in [0.1, 0.15) is 0 Å². The van der Waals surface area contributed by atoms with Gasteiger partial charge in [0.05, 0.1) is 24.7 Å². The molecule has 0 amide bonds. The first kappa shape index (κ1) is 9.58. The van der Waals surface area contributed by atoms with Crippen LogP contribution in [0.15, 0.2) is 36.7 Å². The van der Waals surface area contributed by atoms with Crippen molar-refractivity contribution in [3.63, 3.8) is 0 Å². The number of nitrogen functional groups attached to an aromatic ring is 1. The lowest BCUT2D eigenvalue weighted by molar-refractivity contribution is 0.340. The highest BCUT2D eigenvalue weighted by molar-refractivity contribution is 5.44. The van der Waals surface area contributed by atoms with Gasteiger partial charge in [-0.1, -0.05) is 0 Å². The SMILES string of the molecule is CCOc1cnn(-c2ccc(N)cc2)c1. The second-order valence-corrected chi connectivity index (χ2v) is 3.15. The Bertz CT molecular complexity index is 433. The molecule has 0 atom stereocenters. The molecule has 0 radical (unpaired) electrons. The first-order valence-electron chi connectivity index (χ1n) is 4.83. The number of benzene rings is 1. The molecule has 0 bridgehead atoms. The van der Waals surface area contributed by atoms with Gasteiger partial charge in [0.2, 0.25) is 0 Å². The Hall–Kier alpha value is -1.97. The molecule has 0 spiro atoms. The van der Waals surface area contributed by atoms with Crippen LogP contribution in [0.3, 0.4) is 0 Å². The van der Waals surface area contributed by atoms with Gasteiger partial charge in [-0.25, -0.2) is 4.68 Å². The van der Waals surface area contributed by atoms with Crippen molar-refractivity contribution in [1.29, 1.82) is 0 Å². The van der Waals surface area contributed by atoms with Gasteiger partial charge in [-0.15, -0.1) is 0 Å². The summed E-state index contributed by atoms with van der Waals surface area (Å²) in [6.45, 7) is 2.59. The Kier molecular flexibility index (Phi) is 2.58. The lowest BCUT2D eigenvalue weighted by Gasteiger charge is -2.00. The summed E-state index contributed by atoms with van der Waals surface area (Å²) < 4.78 is 7.08. The van der Waals surface area contributed by atoms with Gasteiger partial charge in [0.25, 0.3) is 0 Å². The average molecular weight is 203 g/mol. The number of aromatic nitrogens is 2. The Morgan fingerprint density at radius 1 is 1.33 bits per heavy atom. The lowest BCUT2D eigenvalue weighted by atomic mass is 10.3. The molecule has 0 fully saturated rings. The molecular weight excluding hydrogens is 190 g/mol. The van der Waals surface area contributed by atoms with Gasteiger partial charge in [0.15, 0.2) is 5.75 Å². The number of ether oxygens (including phenoxy) is 1. The molecular formula is C11H13N3O. The van der Waals surface area contributed by atoms with Crippen molar-refractivity contribution in [2.24, 2.45) is 0 Å². The van der Waals surface area contributed by atoms with Gasteiger partial charge in [0, 0.05) is 5.69 Å². The zero-order chi connectivity index (χ0) is 10.7. The number of anilines is 1. The van der Waals surface area contributed by atoms with E-state index in [1.807, 2.05) is 37.4 Å². The smallest absolute Gasteiger partial charge is 0.157 e. The molecule has 0 saturated heterocycles. The minimum atomic E-state index is 0.646. The maximum Gasteiger partial charge on any atom is 0.157 e. The molecule has 0 aliphatic heterocycles. The highest BCUT2D eigenvalue weighted by atomic mass is 16.5. The summed E-state index contributed by atoms with van der Waals surface area (Å²) in [5, 5.41) is 4.19. The number of nitrogens with zero attached hydrogens (tertiary/aromatic N) is 2. The first-order chi connectivity index (χ1) is 7.29. The third-order valence-corrected chi connectivity index (χ3v) is 2.03. The second kappa shape index (κ2) is 4.04. The van der Waals surface area contributed by atoms with Crippen LogP contribution < -0.4 is 10.5 Å². The van der Waals surface area contributed by atoms with Crippen molar-refractivity contribution in [2.45, 2.75) is 6.92 Å². The fraction of sp³-hybridized carbons (Fsp3) is 0.182. The van der Waals surface area contributed by atoms with Crippen LogP contribution in [0.4, 0.5) is 5.69 Å². The van der Waals surface area contributed by atoms with Gasteiger partial charge in [-0.3, -0.25) is 0 Å². The maximum absolute atomic E-state index is 5.60. The lowest BCUT2D eigenvalue weighted by Crippen LogP contribution is -1.94. The fourth-order valence-electron chi connectivity index (χ4n) is 1.32. The molecule has 1 heterocycles. The molecule has 4 heteroatoms. The van der Waals surface area contributed by atoms with Gasteiger partial charge < -0.3 is 10.5 Å². The quantitative estimate of drug-likeness (QED) is 0.774. The summed E-state index contributed by atoms with van der Waals surface area (Å²) in [4.78, 5) is 0. The zero-order valence-electron chi connectivity index (χ0n) is 8.55. The molecule has 0 aliphatic rings. The van der Waals surface area contributed by atoms with E-state index in [9.17, 15) is 0 Å². The summed E-state index contributed by atoms with van der Waals surface area (Å²) >= 11 is 0. The molecule has 15 heavy (non-hydrogen) atoms. The van der Waals surface area contributed by atoms with E-state index in [4.69, 9.17) is 10.5 Å². The summed E-state index contributed by atoms with van der Waals surface area (Å²) in [6, 6.07) is 7.52. The molecule has 2 N–H and O–H groups in total. The molecule has 78 valence electrons. The monoisotopic (exact) mass is 203 g/mol. The van der Waals surface area contributed by atoms with E-state index < -0.39 is 0 Å². The summed E-state index contributed by atoms with van der Waals surface area (Å²) in [6.07, 6.45) is 3.54. The fourth-order valence-corrected chi connectivity index (χ4v) is 1.32. The minimum Gasteiger partial charge on any atom is -0.491 e. The molecule has 4 nitrogen and oxygen atoms in total. The maximum atomic E-state index is 5.60. The van der Waals surface area contributed by atoms with Gasteiger partial charge in [-0.2, -0.15) is 5.10 Å². The van der Waals surface area contributed by atoms with Crippen molar-refractivity contribution < 1.29 is 4.74 Å². The van der Waals surface area contributed by atoms with Crippen LogP contribution in [-0.2, 0) is 0 Å². The van der Waals surface area contributed by atoms with E-state index in [0.29, 0.717) is 6.61 Å². The Morgan fingerprint density at radius 3 is 2.73 bits per heavy atom. The van der Waals surface area contributed by atoms with Crippen LogP contribution >= 0.6 is 0 Å². The molecule has 0 aliphatic carbocycles. The average Bonchev–Trinajstić information content (AvgIpc) is 2.68. The van der Waals surface area contributed by atoms with E-state index in [-0.39, 0.29) is 0 Å². The van der Waals surface area contributed by atoms with Crippen molar-refractivity contribution in [3.8, 4) is 11.4 Å². The van der Waals surface area contributed by atoms with E-state index >= 15 is 0 Å². The van der Waals surface area contributed by atoms with Crippen LogP contribution in [0.25, 0.3) is 5.69 Å². The number of rotatable bonds is 3. The number of hydrogen-bond acceptors (Lipinski definition) is 3. The third-order valence-electron chi connectivity index (χ3n) is 2.03. The molecule has 1 aromatic heterocycles. The minimum absolute atomic E-state index is 0.646. The number of nitrogens with two attached hydrogens (primary N) is 1. The number of hydrogen-bond donors (Lipinski definition) is 1. The van der Waals surface area contributed by atoms with Crippen LogP contribution in [-0.4, -0.2) is 16.4 Å². The normalized spacial score (nSPS) is 10.2.